The van der Waals surface area contributed by atoms with E-state index in [1.165, 1.54) is 17.8 Å². The largest absolute Gasteiger partial charge is 0.482 e. The maximum Gasteiger partial charge on any atom is 0.267 e. The molecule has 0 spiro atoms. The Hall–Kier alpha value is -2.34. The van der Waals surface area contributed by atoms with E-state index in [4.69, 9.17) is 4.74 Å². The van der Waals surface area contributed by atoms with Crippen LogP contribution in [0.5, 0.6) is 5.75 Å². The van der Waals surface area contributed by atoms with Crippen LogP contribution in [-0.4, -0.2) is 54.9 Å². The molecule has 0 N–H and O–H groups in total. The van der Waals surface area contributed by atoms with Crippen molar-refractivity contribution in [3.8, 4) is 16.2 Å². The van der Waals surface area contributed by atoms with Gasteiger partial charge >= 0.3 is 0 Å². The first-order valence-electron chi connectivity index (χ1n) is 10.5. The van der Waals surface area contributed by atoms with Crippen molar-refractivity contribution in [2.75, 3.05) is 33.3 Å². The molecule has 1 aromatic carbocycles. The Balaban J connectivity index is 1.78. The molecule has 0 radical (unpaired) electrons. The first kappa shape index (κ1) is 21.4. The van der Waals surface area contributed by atoms with Crippen LogP contribution in [-0.2, 0) is 4.79 Å². The zero-order valence-electron chi connectivity index (χ0n) is 17.4. The highest BCUT2D eigenvalue weighted by molar-refractivity contribution is 7.17. The number of amides is 2. The maximum atomic E-state index is 13.0. The molecule has 0 saturated carbocycles. The topological polar surface area (TPSA) is 49.9 Å². The molecule has 156 valence electrons. The lowest BCUT2D eigenvalue weighted by atomic mass is 10.1. The number of nitrogens with zero attached hydrogens (tertiary/aromatic N) is 2. The summed E-state index contributed by atoms with van der Waals surface area (Å²) in [5, 5.41) is 0. The Labute approximate surface area is 177 Å². The van der Waals surface area contributed by atoms with Gasteiger partial charge in [0.25, 0.3) is 11.8 Å². The Kier molecular flexibility index (Phi) is 7.69. The lowest BCUT2D eigenvalue weighted by Gasteiger charge is -2.26. The van der Waals surface area contributed by atoms with Crippen molar-refractivity contribution < 1.29 is 14.3 Å². The second kappa shape index (κ2) is 10.4. The minimum Gasteiger partial charge on any atom is -0.482 e. The highest BCUT2D eigenvalue weighted by atomic mass is 32.1. The number of carbonyl (C=O) groups is 2. The van der Waals surface area contributed by atoms with Gasteiger partial charge in [-0.2, -0.15) is 0 Å². The van der Waals surface area contributed by atoms with Crippen LogP contribution in [0.1, 0.15) is 48.7 Å². The molecule has 29 heavy (non-hydrogen) atoms. The van der Waals surface area contributed by atoms with Gasteiger partial charge in [0.15, 0.2) is 6.61 Å². The normalized spacial score (nSPS) is 13.9. The molecule has 2 amide bonds. The maximum absolute atomic E-state index is 13.0. The van der Waals surface area contributed by atoms with Gasteiger partial charge in [-0.15, -0.1) is 11.3 Å². The minimum atomic E-state index is -0.0500. The van der Waals surface area contributed by atoms with E-state index >= 15 is 0 Å². The number of hydrogen-bond donors (Lipinski definition) is 0. The van der Waals surface area contributed by atoms with Gasteiger partial charge in [-0.1, -0.05) is 43.7 Å². The fraction of sp³-hybridized carbons (Fsp3) is 0.478. The number of benzene rings is 1. The molecule has 6 heteroatoms. The third kappa shape index (κ3) is 5.60. The number of carbonyl (C=O) groups excluding carboxylic acids is 2. The zero-order chi connectivity index (χ0) is 20.6. The minimum absolute atomic E-state index is 0.00472. The van der Waals surface area contributed by atoms with Crippen molar-refractivity contribution in [3.05, 3.63) is 41.3 Å². The summed E-state index contributed by atoms with van der Waals surface area (Å²) in [5.41, 5.74) is 1.04. The van der Waals surface area contributed by atoms with Gasteiger partial charge in [-0.05, 0) is 37.3 Å². The van der Waals surface area contributed by atoms with Crippen LogP contribution < -0.4 is 4.74 Å². The summed E-state index contributed by atoms with van der Waals surface area (Å²) in [7, 11) is 1.82. The monoisotopic (exact) mass is 414 g/mol. The van der Waals surface area contributed by atoms with E-state index in [9.17, 15) is 9.59 Å². The number of hydrogen-bond acceptors (Lipinski definition) is 4. The number of thiophene rings is 1. The molecule has 2 aromatic rings. The summed E-state index contributed by atoms with van der Waals surface area (Å²) in [5.74, 6) is 0.452. The standard InChI is InChI=1S/C23H30N2O3S/c1-3-4-13-24(2)23(27)22-19(16-20(29-22)18-11-7-5-8-12-18)28-17-21(26)25-14-9-6-10-15-25/h5,7-8,11-12,16H,3-4,6,9-10,13-15,17H2,1-2H3. The summed E-state index contributed by atoms with van der Waals surface area (Å²) in [4.78, 5) is 30.7. The highest BCUT2D eigenvalue weighted by Crippen LogP contribution is 2.37. The number of unbranched alkanes of at least 4 members (excludes halogenated alkanes) is 1. The van der Waals surface area contributed by atoms with Gasteiger partial charge in [-0.3, -0.25) is 9.59 Å². The van der Waals surface area contributed by atoms with E-state index in [0.29, 0.717) is 17.2 Å². The molecule has 1 fully saturated rings. The number of rotatable bonds is 8. The van der Waals surface area contributed by atoms with Crippen LogP contribution in [0.4, 0.5) is 0 Å². The first-order valence-corrected chi connectivity index (χ1v) is 11.3. The van der Waals surface area contributed by atoms with Crippen LogP contribution in [0, 0.1) is 0 Å². The van der Waals surface area contributed by atoms with E-state index in [1.807, 2.05) is 48.3 Å². The Morgan fingerprint density at radius 1 is 1.14 bits per heavy atom. The fourth-order valence-electron chi connectivity index (χ4n) is 3.42. The van der Waals surface area contributed by atoms with E-state index < -0.39 is 0 Å². The van der Waals surface area contributed by atoms with Crippen molar-refractivity contribution >= 4 is 23.2 Å². The summed E-state index contributed by atoms with van der Waals surface area (Å²) in [6.07, 6.45) is 5.27. The Bertz CT molecular complexity index is 813. The molecule has 5 nitrogen and oxygen atoms in total. The van der Waals surface area contributed by atoms with Gasteiger partial charge in [0, 0.05) is 31.6 Å². The highest BCUT2D eigenvalue weighted by Gasteiger charge is 2.23. The van der Waals surface area contributed by atoms with Gasteiger partial charge in [0.2, 0.25) is 0 Å². The molecule has 0 bridgehead atoms. The van der Waals surface area contributed by atoms with Gasteiger partial charge in [0.1, 0.15) is 10.6 Å². The lowest BCUT2D eigenvalue weighted by Crippen LogP contribution is -2.38. The number of ether oxygens (including phenoxy) is 1. The quantitative estimate of drug-likeness (QED) is 0.630. The smallest absolute Gasteiger partial charge is 0.267 e. The molecule has 3 rings (SSSR count). The fourth-order valence-corrected chi connectivity index (χ4v) is 4.52. The van der Waals surface area contributed by atoms with E-state index in [-0.39, 0.29) is 18.4 Å². The predicted molar refractivity (Wildman–Crippen MR) is 118 cm³/mol. The van der Waals surface area contributed by atoms with Gasteiger partial charge in [0.05, 0.1) is 0 Å². The molecule has 1 saturated heterocycles. The van der Waals surface area contributed by atoms with Crippen molar-refractivity contribution in [2.24, 2.45) is 0 Å². The SMILES string of the molecule is CCCCN(C)C(=O)c1sc(-c2ccccc2)cc1OCC(=O)N1CCCCC1. The van der Waals surface area contributed by atoms with Crippen LogP contribution in [0.15, 0.2) is 36.4 Å². The molecule has 1 aliphatic rings. The van der Waals surface area contributed by atoms with Crippen molar-refractivity contribution in [3.63, 3.8) is 0 Å². The average molecular weight is 415 g/mol. The second-order valence-corrected chi connectivity index (χ2v) is 8.53. The van der Waals surface area contributed by atoms with E-state index in [2.05, 4.69) is 6.92 Å². The predicted octanol–water partition coefficient (Wildman–Crippen LogP) is 4.68. The Morgan fingerprint density at radius 2 is 1.86 bits per heavy atom. The summed E-state index contributed by atoms with van der Waals surface area (Å²) >= 11 is 1.43. The summed E-state index contributed by atoms with van der Waals surface area (Å²) in [6, 6.07) is 11.8. The van der Waals surface area contributed by atoms with E-state index in [1.54, 1.807) is 4.90 Å². The zero-order valence-corrected chi connectivity index (χ0v) is 18.2. The molecule has 0 aliphatic carbocycles. The average Bonchev–Trinajstić information content (AvgIpc) is 3.20. The number of likely N-dealkylation sites (tertiary alicyclic amines) is 1. The van der Waals surface area contributed by atoms with E-state index in [0.717, 1.165) is 49.2 Å². The molecule has 2 heterocycles. The molecule has 1 aromatic heterocycles. The summed E-state index contributed by atoms with van der Waals surface area (Å²) in [6.45, 7) is 4.39. The van der Waals surface area contributed by atoms with Gasteiger partial charge < -0.3 is 14.5 Å². The molecule has 0 unspecified atom stereocenters. The van der Waals surface area contributed by atoms with Crippen molar-refractivity contribution in [2.45, 2.75) is 39.0 Å². The third-order valence-electron chi connectivity index (χ3n) is 5.20. The third-order valence-corrected chi connectivity index (χ3v) is 6.36. The number of piperidine rings is 1. The van der Waals surface area contributed by atoms with Crippen molar-refractivity contribution in [1.82, 2.24) is 9.80 Å². The molecular weight excluding hydrogens is 384 g/mol. The summed E-state index contributed by atoms with van der Waals surface area (Å²) < 4.78 is 5.90. The Morgan fingerprint density at radius 3 is 2.55 bits per heavy atom. The second-order valence-electron chi connectivity index (χ2n) is 7.48. The molecule has 1 aliphatic heterocycles. The van der Waals surface area contributed by atoms with Gasteiger partial charge in [-0.25, -0.2) is 0 Å². The lowest BCUT2D eigenvalue weighted by molar-refractivity contribution is -0.134. The van der Waals surface area contributed by atoms with Crippen LogP contribution in [0.25, 0.3) is 10.4 Å². The van der Waals surface area contributed by atoms with Crippen LogP contribution >= 0.6 is 11.3 Å². The van der Waals surface area contributed by atoms with Crippen LogP contribution in [0.3, 0.4) is 0 Å². The molecular formula is C23H30N2O3S. The first-order chi connectivity index (χ1) is 14.1. The van der Waals surface area contributed by atoms with Crippen molar-refractivity contribution in [1.29, 1.82) is 0 Å². The molecule has 0 atom stereocenters. The van der Waals surface area contributed by atoms with Crippen LogP contribution in [0.2, 0.25) is 0 Å².